The molecule has 0 aromatic heterocycles. The zero-order valence-corrected chi connectivity index (χ0v) is 14.5. The Balaban J connectivity index is 2.86. The highest BCUT2D eigenvalue weighted by molar-refractivity contribution is 9.08. The molecule has 1 rings (SSSR count). The minimum Gasteiger partial charge on any atom is -0.486 e. The van der Waals surface area contributed by atoms with Crippen molar-refractivity contribution >= 4 is 31.5 Å². The van der Waals surface area contributed by atoms with Gasteiger partial charge in [0.05, 0.1) is 15.4 Å². The van der Waals surface area contributed by atoms with Crippen LogP contribution in [0.5, 0.6) is 5.75 Å². The standard InChI is InChI=1S/C13H18BrNO5S/c1-13(2,3)21(18,19)7-6-20-12-8-10(9-14)4-5-11(12)15(16)17/h4-5,8H,6-7,9H2,1-3H3. The highest BCUT2D eigenvalue weighted by Gasteiger charge is 2.29. The number of nitro groups is 1. The summed E-state index contributed by atoms with van der Waals surface area (Å²) >= 11 is 3.26. The van der Waals surface area contributed by atoms with Crippen LogP contribution in [0.3, 0.4) is 0 Å². The average molecular weight is 380 g/mol. The molecule has 8 heteroatoms. The molecule has 0 fully saturated rings. The summed E-state index contributed by atoms with van der Waals surface area (Å²) in [6.45, 7) is 4.70. The van der Waals surface area contributed by atoms with Crippen molar-refractivity contribution in [3.05, 3.63) is 33.9 Å². The van der Waals surface area contributed by atoms with Crippen molar-refractivity contribution in [1.29, 1.82) is 0 Å². The molecule has 0 saturated carbocycles. The summed E-state index contributed by atoms with van der Waals surface area (Å²) in [6, 6.07) is 4.51. The van der Waals surface area contributed by atoms with Crippen LogP contribution in [0.4, 0.5) is 5.69 Å². The number of rotatable bonds is 6. The quantitative estimate of drug-likeness (QED) is 0.430. The Bertz CT molecular complexity index is 622. The van der Waals surface area contributed by atoms with Gasteiger partial charge in [0.1, 0.15) is 6.61 Å². The highest BCUT2D eigenvalue weighted by Crippen LogP contribution is 2.29. The lowest BCUT2D eigenvalue weighted by Crippen LogP contribution is -2.32. The van der Waals surface area contributed by atoms with Gasteiger partial charge in [0.25, 0.3) is 0 Å². The monoisotopic (exact) mass is 379 g/mol. The maximum atomic E-state index is 12.0. The van der Waals surface area contributed by atoms with E-state index in [0.717, 1.165) is 5.56 Å². The first-order valence-corrected chi connectivity index (χ1v) is 9.04. The van der Waals surface area contributed by atoms with Crippen LogP contribution < -0.4 is 4.74 Å². The molecule has 0 atom stereocenters. The Hall–Kier alpha value is -1.15. The van der Waals surface area contributed by atoms with Crippen LogP contribution in [0.25, 0.3) is 0 Å². The Morgan fingerprint density at radius 1 is 1.33 bits per heavy atom. The van der Waals surface area contributed by atoms with Gasteiger partial charge < -0.3 is 4.74 Å². The Labute approximate surface area is 132 Å². The fourth-order valence-corrected chi connectivity index (χ4v) is 2.74. The van der Waals surface area contributed by atoms with E-state index in [-0.39, 0.29) is 23.8 Å². The van der Waals surface area contributed by atoms with Crippen LogP contribution in [-0.2, 0) is 15.2 Å². The highest BCUT2D eigenvalue weighted by atomic mass is 79.9. The molecule has 0 aliphatic carbocycles. The van der Waals surface area contributed by atoms with E-state index in [9.17, 15) is 18.5 Å². The first-order chi connectivity index (χ1) is 9.58. The maximum absolute atomic E-state index is 12.0. The van der Waals surface area contributed by atoms with Crippen molar-refractivity contribution in [3.8, 4) is 5.75 Å². The summed E-state index contributed by atoms with van der Waals surface area (Å²) in [7, 11) is -3.32. The number of benzene rings is 1. The number of sulfone groups is 1. The van der Waals surface area contributed by atoms with Gasteiger partial charge in [0.15, 0.2) is 15.6 Å². The second-order valence-corrected chi connectivity index (χ2v) is 8.90. The third-order valence-electron chi connectivity index (χ3n) is 2.92. The lowest BCUT2D eigenvalue weighted by molar-refractivity contribution is -0.385. The SMILES string of the molecule is CC(C)(C)S(=O)(=O)CCOc1cc(CBr)ccc1[N+](=O)[O-]. The third-order valence-corrected chi connectivity index (χ3v) is 6.14. The lowest BCUT2D eigenvalue weighted by Gasteiger charge is -2.19. The van der Waals surface area contributed by atoms with Crippen LogP contribution >= 0.6 is 15.9 Å². The summed E-state index contributed by atoms with van der Waals surface area (Å²) in [4.78, 5) is 10.4. The van der Waals surface area contributed by atoms with Gasteiger partial charge in [-0.1, -0.05) is 22.0 Å². The molecule has 0 saturated heterocycles. The number of ether oxygens (including phenoxy) is 1. The number of hydrogen-bond acceptors (Lipinski definition) is 5. The molecule has 0 amide bonds. The van der Waals surface area contributed by atoms with Gasteiger partial charge in [-0.2, -0.15) is 0 Å². The van der Waals surface area contributed by atoms with Gasteiger partial charge >= 0.3 is 5.69 Å². The second-order valence-electron chi connectivity index (χ2n) is 5.47. The Morgan fingerprint density at radius 3 is 2.43 bits per heavy atom. The zero-order chi connectivity index (χ0) is 16.3. The van der Waals surface area contributed by atoms with Crippen molar-refractivity contribution in [2.24, 2.45) is 0 Å². The van der Waals surface area contributed by atoms with Crippen LogP contribution in [0, 0.1) is 10.1 Å². The summed E-state index contributed by atoms with van der Waals surface area (Å²) in [5.74, 6) is -0.104. The maximum Gasteiger partial charge on any atom is 0.310 e. The Kier molecular flexibility index (Phi) is 5.75. The fraction of sp³-hybridized carbons (Fsp3) is 0.538. The summed E-state index contributed by atoms with van der Waals surface area (Å²) in [5.41, 5.74) is 0.641. The summed E-state index contributed by atoms with van der Waals surface area (Å²) in [6.07, 6.45) is 0. The van der Waals surface area contributed by atoms with Gasteiger partial charge in [0.2, 0.25) is 0 Å². The average Bonchev–Trinajstić information content (AvgIpc) is 2.36. The predicted molar refractivity (Wildman–Crippen MR) is 84.8 cm³/mol. The minimum atomic E-state index is -3.32. The van der Waals surface area contributed by atoms with Gasteiger partial charge in [-0.25, -0.2) is 8.42 Å². The molecule has 0 bridgehead atoms. The molecular formula is C13H18BrNO5S. The van der Waals surface area contributed by atoms with Crippen molar-refractivity contribution in [3.63, 3.8) is 0 Å². The van der Waals surface area contributed by atoms with E-state index in [0.29, 0.717) is 5.33 Å². The van der Waals surface area contributed by atoms with Crippen molar-refractivity contribution < 1.29 is 18.1 Å². The molecular weight excluding hydrogens is 362 g/mol. The van der Waals surface area contributed by atoms with E-state index in [1.807, 2.05) is 0 Å². The molecule has 6 nitrogen and oxygen atoms in total. The second kappa shape index (κ2) is 6.74. The smallest absolute Gasteiger partial charge is 0.310 e. The Morgan fingerprint density at radius 2 is 1.95 bits per heavy atom. The largest absolute Gasteiger partial charge is 0.486 e. The van der Waals surface area contributed by atoms with E-state index in [1.54, 1.807) is 26.8 Å². The molecule has 0 N–H and O–H groups in total. The predicted octanol–water partition coefficient (Wildman–Crippen LogP) is 3.08. The number of halogens is 1. The number of alkyl halides is 1. The minimum absolute atomic E-state index is 0.0843. The number of nitrogens with zero attached hydrogens (tertiary/aromatic N) is 1. The molecule has 21 heavy (non-hydrogen) atoms. The van der Waals surface area contributed by atoms with E-state index in [4.69, 9.17) is 4.74 Å². The van der Waals surface area contributed by atoms with Gasteiger partial charge in [-0.15, -0.1) is 0 Å². The molecule has 0 aliphatic rings. The number of hydrogen-bond donors (Lipinski definition) is 0. The van der Waals surface area contributed by atoms with E-state index < -0.39 is 19.5 Å². The molecule has 0 aliphatic heterocycles. The van der Waals surface area contributed by atoms with Crippen LogP contribution in [0.1, 0.15) is 26.3 Å². The van der Waals surface area contributed by atoms with Crippen LogP contribution in [0.15, 0.2) is 18.2 Å². The third kappa shape index (κ3) is 4.67. The summed E-state index contributed by atoms with van der Waals surface area (Å²) in [5, 5.41) is 11.5. The van der Waals surface area contributed by atoms with Crippen LogP contribution in [-0.4, -0.2) is 30.4 Å². The van der Waals surface area contributed by atoms with Crippen molar-refractivity contribution in [2.75, 3.05) is 12.4 Å². The molecule has 0 heterocycles. The number of nitro benzene ring substituents is 1. The molecule has 0 spiro atoms. The van der Waals surface area contributed by atoms with Crippen molar-refractivity contribution in [1.82, 2.24) is 0 Å². The van der Waals surface area contributed by atoms with Gasteiger partial charge in [0, 0.05) is 11.4 Å². The van der Waals surface area contributed by atoms with E-state index in [1.165, 1.54) is 12.1 Å². The first-order valence-electron chi connectivity index (χ1n) is 6.27. The topological polar surface area (TPSA) is 86.5 Å². The van der Waals surface area contributed by atoms with Gasteiger partial charge in [-0.05, 0) is 32.4 Å². The normalized spacial score (nSPS) is 12.2. The van der Waals surface area contributed by atoms with Gasteiger partial charge in [-0.3, -0.25) is 10.1 Å². The molecule has 1 aromatic rings. The molecule has 0 unspecified atom stereocenters. The van der Waals surface area contributed by atoms with E-state index >= 15 is 0 Å². The molecule has 0 radical (unpaired) electrons. The van der Waals surface area contributed by atoms with Crippen molar-refractivity contribution in [2.45, 2.75) is 30.8 Å². The fourth-order valence-electron chi connectivity index (χ4n) is 1.48. The van der Waals surface area contributed by atoms with E-state index in [2.05, 4.69) is 15.9 Å². The zero-order valence-electron chi connectivity index (χ0n) is 12.1. The first kappa shape index (κ1) is 17.9. The summed E-state index contributed by atoms with van der Waals surface area (Å²) < 4.78 is 28.4. The van der Waals surface area contributed by atoms with Crippen LogP contribution in [0.2, 0.25) is 0 Å². The molecule has 118 valence electrons. The lowest BCUT2D eigenvalue weighted by atomic mass is 10.2. The molecule has 1 aromatic carbocycles.